The summed E-state index contributed by atoms with van der Waals surface area (Å²) in [6.07, 6.45) is 0. The third kappa shape index (κ3) is 3.85. The molecule has 0 atom stereocenters. The van der Waals surface area contributed by atoms with Gasteiger partial charge in [-0.15, -0.1) is 0 Å². The van der Waals surface area contributed by atoms with E-state index in [9.17, 15) is 0 Å². The Hall–Kier alpha value is -6.00. The number of rotatable bonds is 4. The highest BCUT2D eigenvalue weighted by Gasteiger charge is 2.19. The second-order valence-corrected chi connectivity index (χ2v) is 11.0. The predicted molar refractivity (Wildman–Crippen MR) is 180 cm³/mol. The Morgan fingerprint density at radius 1 is 0.455 bits per heavy atom. The van der Waals surface area contributed by atoms with Crippen molar-refractivity contribution in [1.29, 1.82) is 0 Å². The summed E-state index contributed by atoms with van der Waals surface area (Å²) in [5, 5.41) is 3.34. The summed E-state index contributed by atoms with van der Waals surface area (Å²) >= 11 is 0. The maximum Gasteiger partial charge on any atom is 0.180 e. The SMILES string of the molecule is c1ccc(-c2ccc(-n3c4ccccc4c4cc(-c5nc(-c6ccccc6)c6oc7ccccc7c6n5)ccc43)cc2)cc1. The highest BCUT2D eigenvalue weighted by atomic mass is 16.3. The van der Waals surface area contributed by atoms with Crippen molar-refractivity contribution >= 4 is 43.9 Å². The molecule has 0 aliphatic carbocycles. The van der Waals surface area contributed by atoms with Gasteiger partial charge in [0, 0.05) is 33.0 Å². The Balaban J connectivity index is 1.24. The minimum atomic E-state index is 0.675. The van der Waals surface area contributed by atoms with Crippen molar-refractivity contribution in [3.63, 3.8) is 0 Å². The van der Waals surface area contributed by atoms with Crippen LogP contribution in [0.3, 0.4) is 0 Å². The van der Waals surface area contributed by atoms with Gasteiger partial charge in [-0.2, -0.15) is 0 Å². The fraction of sp³-hybridized carbons (Fsp3) is 0. The van der Waals surface area contributed by atoms with E-state index in [-0.39, 0.29) is 0 Å². The first-order valence-corrected chi connectivity index (χ1v) is 14.8. The number of para-hydroxylation sites is 2. The molecule has 0 aliphatic rings. The van der Waals surface area contributed by atoms with Gasteiger partial charge in [0.05, 0.1) is 11.0 Å². The van der Waals surface area contributed by atoms with Crippen molar-refractivity contribution < 1.29 is 4.42 Å². The number of aromatic nitrogens is 3. The molecule has 44 heavy (non-hydrogen) atoms. The molecule has 3 heterocycles. The lowest BCUT2D eigenvalue weighted by atomic mass is 10.1. The number of furan rings is 1. The third-order valence-electron chi connectivity index (χ3n) is 8.43. The van der Waals surface area contributed by atoms with E-state index in [4.69, 9.17) is 14.4 Å². The van der Waals surface area contributed by atoms with Gasteiger partial charge in [0.2, 0.25) is 0 Å². The molecule has 0 saturated heterocycles. The topological polar surface area (TPSA) is 43.9 Å². The average Bonchev–Trinajstić information content (AvgIpc) is 3.64. The van der Waals surface area contributed by atoms with Crippen LogP contribution in [0.5, 0.6) is 0 Å². The first kappa shape index (κ1) is 24.6. The second-order valence-electron chi connectivity index (χ2n) is 11.0. The van der Waals surface area contributed by atoms with E-state index in [1.807, 2.05) is 42.5 Å². The molecule has 3 aromatic heterocycles. The first-order valence-electron chi connectivity index (χ1n) is 14.8. The van der Waals surface area contributed by atoms with E-state index in [1.165, 1.54) is 16.5 Å². The number of nitrogens with zero attached hydrogens (tertiary/aromatic N) is 3. The summed E-state index contributed by atoms with van der Waals surface area (Å²) in [7, 11) is 0. The Morgan fingerprint density at radius 3 is 1.86 bits per heavy atom. The molecule has 4 heteroatoms. The normalized spacial score (nSPS) is 11.6. The van der Waals surface area contributed by atoms with Crippen molar-refractivity contribution in [3.8, 4) is 39.5 Å². The van der Waals surface area contributed by atoms with Gasteiger partial charge < -0.3 is 8.98 Å². The predicted octanol–water partition coefficient (Wildman–Crippen LogP) is 10.5. The Labute approximate surface area is 253 Å². The Morgan fingerprint density at radius 2 is 1.07 bits per heavy atom. The van der Waals surface area contributed by atoms with Gasteiger partial charge in [-0.05, 0) is 59.7 Å². The zero-order valence-electron chi connectivity index (χ0n) is 23.7. The van der Waals surface area contributed by atoms with Gasteiger partial charge in [0.25, 0.3) is 0 Å². The molecule has 0 unspecified atom stereocenters. The molecule has 0 saturated carbocycles. The number of hydrogen-bond acceptors (Lipinski definition) is 3. The molecule has 0 fully saturated rings. The molecule has 0 amide bonds. The van der Waals surface area contributed by atoms with Crippen LogP contribution >= 0.6 is 0 Å². The van der Waals surface area contributed by atoms with Crippen LogP contribution in [0.4, 0.5) is 0 Å². The van der Waals surface area contributed by atoms with Crippen LogP contribution in [-0.2, 0) is 0 Å². The molecule has 0 spiro atoms. The maximum atomic E-state index is 6.32. The lowest BCUT2D eigenvalue weighted by Crippen LogP contribution is -1.95. The third-order valence-corrected chi connectivity index (χ3v) is 8.43. The van der Waals surface area contributed by atoms with Gasteiger partial charge in [-0.25, -0.2) is 9.97 Å². The fourth-order valence-corrected chi connectivity index (χ4v) is 6.34. The van der Waals surface area contributed by atoms with Crippen LogP contribution in [-0.4, -0.2) is 14.5 Å². The van der Waals surface area contributed by atoms with Gasteiger partial charge in [-0.1, -0.05) is 103 Å². The van der Waals surface area contributed by atoms with E-state index >= 15 is 0 Å². The Kier molecular flexibility index (Phi) is 5.47. The minimum Gasteiger partial charge on any atom is -0.452 e. The van der Waals surface area contributed by atoms with Crippen LogP contribution < -0.4 is 0 Å². The zero-order valence-corrected chi connectivity index (χ0v) is 23.7. The van der Waals surface area contributed by atoms with Crippen LogP contribution in [0.15, 0.2) is 156 Å². The van der Waals surface area contributed by atoms with Crippen molar-refractivity contribution in [2.24, 2.45) is 0 Å². The highest BCUT2D eigenvalue weighted by molar-refractivity contribution is 6.11. The molecule has 6 aromatic carbocycles. The zero-order chi connectivity index (χ0) is 29.0. The van der Waals surface area contributed by atoms with E-state index in [0.717, 1.165) is 55.4 Å². The van der Waals surface area contributed by atoms with Crippen molar-refractivity contribution in [2.45, 2.75) is 0 Å². The molecule has 9 aromatic rings. The average molecular weight is 564 g/mol. The molecule has 206 valence electrons. The highest BCUT2D eigenvalue weighted by Crippen LogP contribution is 2.38. The summed E-state index contributed by atoms with van der Waals surface area (Å²) in [6, 6.07) is 52.7. The molecule has 0 aliphatic heterocycles. The first-order chi connectivity index (χ1) is 21.8. The monoisotopic (exact) mass is 563 g/mol. The lowest BCUT2D eigenvalue weighted by Gasteiger charge is -2.10. The molecule has 0 radical (unpaired) electrons. The minimum absolute atomic E-state index is 0.675. The quantitative estimate of drug-likeness (QED) is 0.214. The summed E-state index contributed by atoms with van der Waals surface area (Å²) < 4.78 is 8.66. The van der Waals surface area contributed by atoms with Crippen LogP contribution in [0, 0.1) is 0 Å². The van der Waals surface area contributed by atoms with Crippen LogP contribution in [0.1, 0.15) is 0 Å². The van der Waals surface area contributed by atoms with E-state index in [1.54, 1.807) is 0 Å². The fourth-order valence-electron chi connectivity index (χ4n) is 6.34. The molecule has 9 rings (SSSR count). The summed E-state index contributed by atoms with van der Waals surface area (Å²) in [5.74, 6) is 0.675. The molecule has 0 N–H and O–H groups in total. The Bertz CT molecular complexity index is 2470. The summed E-state index contributed by atoms with van der Waals surface area (Å²) in [6.45, 7) is 0. The van der Waals surface area contributed by atoms with E-state index < -0.39 is 0 Å². The van der Waals surface area contributed by atoms with Gasteiger partial charge in [0.15, 0.2) is 11.4 Å². The van der Waals surface area contributed by atoms with Crippen LogP contribution in [0.25, 0.3) is 83.3 Å². The maximum absolute atomic E-state index is 6.32. The van der Waals surface area contributed by atoms with E-state index in [0.29, 0.717) is 11.4 Å². The smallest absolute Gasteiger partial charge is 0.180 e. The molecule has 4 nitrogen and oxygen atoms in total. The summed E-state index contributed by atoms with van der Waals surface area (Å²) in [4.78, 5) is 10.2. The molecular formula is C40H25N3O. The van der Waals surface area contributed by atoms with Crippen LogP contribution in [0.2, 0.25) is 0 Å². The number of hydrogen-bond donors (Lipinski definition) is 0. The standard InChI is InChI=1S/C40H25N3O/c1-3-11-26(12-4-1)27-19-22-30(23-20-27)43-34-17-9-7-15-31(34)33-25-29(21-24-35(33)43)40-41-37(28-13-5-2-6-14-28)39-38(42-40)32-16-8-10-18-36(32)44-39/h1-25H. The molecular weight excluding hydrogens is 538 g/mol. The summed E-state index contributed by atoms with van der Waals surface area (Å²) in [5.41, 5.74) is 10.9. The van der Waals surface area contributed by atoms with Gasteiger partial charge >= 0.3 is 0 Å². The lowest BCUT2D eigenvalue weighted by molar-refractivity contribution is 0.667. The van der Waals surface area contributed by atoms with Gasteiger partial charge in [-0.3, -0.25) is 0 Å². The largest absolute Gasteiger partial charge is 0.452 e. The van der Waals surface area contributed by atoms with Crippen molar-refractivity contribution in [2.75, 3.05) is 0 Å². The second kappa shape index (κ2) is 9.79. The van der Waals surface area contributed by atoms with Crippen molar-refractivity contribution in [3.05, 3.63) is 152 Å². The number of benzene rings is 6. The molecule has 0 bridgehead atoms. The van der Waals surface area contributed by atoms with Gasteiger partial charge in [0.1, 0.15) is 16.8 Å². The van der Waals surface area contributed by atoms with Crippen molar-refractivity contribution in [1.82, 2.24) is 14.5 Å². The number of fused-ring (bicyclic) bond motifs is 6. The van der Waals surface area contributed by atoms with E-state index in [2.05, 4.69) is 114 Å².